The van der Waals surface area contributed by atoms with Gasteiger partial charge < -0.3 is 24.6 Å². The highest BCUT2D eigenvalue weighted by molar-refractivity contribution is 9.10. The first-order valence-corrected chi connectivity index (χ1v) is 12.4. The molecule has 7 nitrogen and oxygen atoms in total. The number of carbonyl (C=O) groups excluding carboxylic acids is 1. The highest BCUT2D eigenvalue weighted by atomic mass is 79.9. The Bertz CT molecular complexity index is 1310. The van der Waals surface area contributed by atoms with Gasteiger partial charge in [-0.25, -0.2) is 8.78 Å². The Hall–Kier alpha value is -3.08. The fraction of sp³-hybridized carbons (Fsp3) is 0.333. The summed E-state index contributed by atoms with van der Waals surface area (Å²) in [6, 6.07) is 15.9. The van der Waals surface area contributed by atoms with Crippen LogP contribution in [0.4, 0.5) is 8.78 Å². The first-order valence-electron chi connectivity index (χ1n) is 11.6. The quantitative estimate of drug-likeness (QED) is 0.465. The van der Waals surface area contributed by atoms with Crippen molar-refractivity contribution in [2.75, 3.05) is 20.7 Å². The molecule has 2 aromatic carbocycles. The summed E-state index contributed by atoms with van der Waals surface area (Å²) in [5, 5.41) is 24.5. The number of carbonyl (C=O) groups is 1. The van der Waals surface area contributed by atoms with E-state index in [0.29, 0.717) is 11.1 Å². The number of hydrogen-bond donors (Lipinski definition) is 2. The molecule has 0 bridgehead atoms. The highest BCUT2D eigenvalue weighted by Gasteiger charge is 2.78. The molecule has 0 radical (unpaired) electrons. The average Bonchev–Trinajstić information content (AvgIpc) is 3.27. The van der Waals surface area contributed by atoms with Gasteiger partial charge in [-0.1, -0.05) is 58.4 Å². The monoisotopic (exact) mass is 574 g/mol. The van der Waals surface area contributed by atoms with E-state index in [-0.39, 0.29) is 17.1 Å². The van der Waals surface area contributed by atoms with E-state index >= 15 is 0 Å². The van der Waals surface area contributed by atoms with E-state index in [4.69, 9.17) is 9.47 Å². The van der Waals surface area contributed by atoms with Crippen LogP contribution in [0.25, 0.3) is 0 Å². The summed E-state index contributed by atoms with van der Waals surface area (Å²) in [6.07, 6.45) is -1.70. The third kappa shape index (κ3) is 3.65. The van der Waals surface area contributed by atoms with Gasteiger partial charge in [-0.15, -0.1) is 0 Å². The normalized spacial score (nSPS) is 27.9. The van der Waals surface area contributed by atoms with E-state index in [1.165, 1.54) is 26.6 Å². The number of nitrogens with zero attached hydrogens (tertiary/aromatic N) is 2. The van der Waals surface area contributed by atoms with E-state index in [1.54, 1.807) is 54.6 Å². The number of fused-ring (bicyclic) bond motifs is 3. The Morgan fingerprint density at radius 2 is 1.86 bits per heavy atom. The molecule has 37 heavy (non-hydrogen) atoms. The Kier molecular flexibility index (Phi) is 6.45. The Balaban J connectivity index is 1.83. The summed E-state index contributed by atoms with van der Waals surface area (Å²) < 4.78 is 39.4. The predicted octanol–water partition coefficient (Wildman–Crippen LogP) is 3.83. The van der Waals surface area contributed by atoms with Crippen LogP contribution < -0.4 is 9.47 Å². The second kappa shape index (κ2) is 9.34. The SMILES string of the molecule is COc1cncc2c1[C@]1(O)[C@H](O)[C@H](C(=O)N(C)CC(F)F)[C@@H](c3ccccc3)[C@]1(c1ccc(Br)cc1)O2. The third-order valence-electron chi connectivity index (χ3n) is 7.38. The van der Waals surface area contributed by atoms with Crippen molar-refractivity contribution in [1.82, 2.24) is 9.88 Å². The molecule has 1 aromatic heterocycles. The highest BCUT2D eigenvalue weighted by Crippen LogP contribution is 2.69. The van der Waals surface area contributed by atoms with Crippen molar-refractivity contribution in [3.05, 3.63) is 88.2 Å². The van der Waals surface area contributed by atoms with E-state index in [0.717, 1.165) is 9.37 Å². The van der Waals surface area contributed by atoms with Crippen LogP contribution in [0.1, 0.15) is 22.6 Å². The Morgan fingerprint density at radius 1 is 1.19 bits per heavy atom. The first kappa shape index (κ1) is 25.6. The molecular weight excluding hydrogens is 550 g/mol. The van der Waals surface area contributed by atoms with E-state index in [9.17, 15) is 23.8 Å². The van der Waals surface area contributed by atoms with Crippen LogP contribution in [0.5, 0.6) is 11.5 Å². The second-order valence-corrected chi connectivity index (χ2v) is 10.2. The lowest BCUT2D eigenvalue weighted by Gasteiger charge is -2.40. The molecule has 1 amide bonds. The van der Waals surface area contributed by atoms with Crippen LogP contribution in [0, 0.1) is 5.92 Å². The van der Waals surface area contributed by atoms with Gasteiger partial charge >= 0.3 is 0 Å². The van der Waals surface area contributed by atoms with Gasteiger partial charge in [0.15, 0.2) is 11.2 Å². The van der Waals surface area contributed by atoms with Crippen molar-refractivity contribution >= 4 is 21.8 Å². The molecular formula is C27H25BrF2N2O5. The summed E-state index contributed by atoms with van der Waals surface area (Å²) >= 11 is 3.42. The topological polar surface area (TPSA) is 92.1 Å². The van der Waals surface area contributed by atoms with Crippen LogP contribution in [0.15, 0.2) is 71.5 Å². The Labute approximate surface area is 220 Å². The van der Waals surface area contributed by atoms with Crippen molar-refractivity contribution in [3.63, 3.8) is 0 Å². The van der Waals surface area contributed by atoms with Crippen molar-refractivity contribution in [2.24, 2.45) is 5.92 Å². The van der Waals surface area contributed by atoms with Gasteiger partial charge in [-0.05, 0) is 23.3 Å². The van der Waals surface area contributed by atoms with Crippen molar-refractivity contribution in [1.29, 1.82) is 0 Å². The predicted molar refractivity (Wildman–Crippen MR) is 133 cm³/mol. The first-order chi connectivity index (χ1) is 17.7. The minimum atomic E-state index is -2.77. The summed E-state index contributed by atoms with van der Waals surface area (Å²) in [5.41, 5.74) is -2.70. The molecule has 1 saturated carbocycles. The van der Waals surface area contributed by atoms with Crippen LogP contribution >= 0.6 is 15.9 Å². The molecule has 1 fully saturated rings. The smallest absolute Gasteiger partial charge is 0.255 e. The zero-order valence-corrected chi connectivity index (χ0v) is 21.6. The maximum Gasteiger partial charge on any atom is 0.255 e. The molecule has 10 heteroatoms. The lowest BCUT2D eigenvalue weighted by Crippen LogP contribution is -2.52. The molecule has 1 aliphatic carbocycles. The van der Waals surface area contributed by atoms with Gasteiger partial charge in [-0.2, -0.15) is 0 Å². The molecule has 194 valence electrons. The van der Waals surface area contributed by atoms with Gasteiger partial charge in [0.2, 0.25) is 5.91 Å². The number of hydrogen-bond acceptors (Lipinski definition) is 6. The fourth-order valence-electron chi connectivity index (χ4n) is 5.92. The lowest BCUT2D eigenvalue weighted by atomic mass is 9.70. The standard InChI is InChI=1S/C27H25BrF2N2O5/c1-32(14-20(29)30)25(34)21-22(15-6-4-3-5-7-15)27(16-8-10-17(28)11-9-16)26(35,24(21)33)23-18(36-2)12-31-13-19(23)37-27/h3-13,20-22,24,33,35H,14H2,1-2H3/t21-,22-,24-,26+,27+/m1/s1. The maximum atomic E-state index is 13.8. The number of aliphatic hydroxyl groups excluding tert-OH is 1. The van der Waals surface area contributed by atoms with Gasteiger partial charge in [-0.3, -0.25) is 9.78 Å². The van der Waals surface area contributed by atoms with Crippen LogP contribution in [-0.2, 0) is 16.0 Å². The van der Waals surface area contributed by atoms with Crippen molar-refractivity contribution in [3.8, 4) is 11.5 Å². The van der Waals surface area contributed by atoms with Gasteiger partial charge in [0, 0.05) is 17.4 Å². The molecule has 1 aliphatic heterocycles. The molecule has 0 unspecified atom stereocenters. The number of ether oxygens (including phenoxy) is 2. The number of methoxy groups -OCH3 is 1. The summed E-state index contributed by atoms with van der Waals surface area (Å²) in [4.78, 5) is 18.8. The summed E-state index contributed by atoms with van der Waals surface area (Å²) in [6.45, 7) is -0.821. The average molecular weight is 575 g/mol. The minimum Gasteiger partial charge on any atom is -0.495 e. The molecule has 5 atom stereocenters. The summed E-state index contributed by atoms with van der Waals surface area (Å²) in [5.74, 6) is -2.68. The molecule has 5 rings (SSSR count). The number of aromatic nitrogens is 1. The van der Waals surface area contributed by atoms with Crippen LogP contribution in [0.2, 0.25) is 0 Å². The third-order valence-corrected chi connectivity index (χ3v) is 7.91. The Morgan fingerprint density at radius 3 is 2.49 bits per heavy atom. The maximum absolute atomic E-state index is 13.8. The largest absolute Gasteiger partial charge is 0.495 e. The fourth-order valence-corrected chi connectivity index (χ4v) is 6.18. The van der Waals surface area contributed by atoms with E-state index in [1.807, 2.05) is 0 Å². The van der Waals surface area contributed by atoms with E-state index in [2.05, 4.69) is 20.9 Å². The molecule has 2 N–H and O–H groups in total. The van der Waals surface area contributed by atoms with Crippen LogP contribution in [0.3, 0.4) is 0 Å². The van der Waals surface area contributed by atoms with Crippen molar-refractivity contribution < 1.29 is 33.3 Å². The van der Waals surface area contributed by atoms with Gasteiger partial charge in [0.1, 0.15) is 17.6 Å². The second-order valence-electron chi connectivity index (χ2n) is 9.29. The number of halogens is 3. The van der Waals surface area contributed by atoms with Crippen LogP contribution in [-0.4, -0.2) is 59.2 Å². The van der Waals surface area contributed by atoms with Gasteiger partial charge in [0.05, 0.1) is 37.5 Å². The number of rotatable bonds is 6. The molecule has 2 aliphatic rings. The minimum absolute atomic E-state index is 0.146. The lowest BCUT2D eigenvalue weighted by molar-refractivity contribution is -0.157. The zero-order chi connectivity index (χ0) is 26.5. The molecule has 0 spiro atoms. The van der Waals surface area contributed by atoms with E-state index < -0.39 is 48.0 Å². The number of benzene rings is 2. The number of pyridine rings is 1. The number of alkyl halides is 2. The number of aliphatic hydroxyl groups is 2. The molecule has 3 aromatic rings. The molecule has 2 heterocycles. The van der Waals surface area contributed by atoms with Crippen molar-refractivity contribution in [2.45, 2.75) is 29.6 Å². The summed E-state index contributed by atoms with van der Waals surface area (Å²) in [7, 11) is 2.66. The zero-order valence-electron chi connectivity index (χ0n) is 20.0. The number of amides is 1. The van der Waals surface area contributed by atoms with Gasteiger partial charge in [0.25, 0.3) is 6.43 Å². The molecule has 0 saturated heterocycles.